The molecule has 4 heteroatoms. The van der Waals surface area contributed by atoms with E-state index >= 15 is 0 Å². The number of benzene rings is 2. The van der Waals surface area contributed by atoms with Crippen LogP contribution in [0.4, 0.5) is 5.69 Å². The van der Waals surface area contributed by atoms with Gasteiger partial charge in [0.05, 0.1) is 0 Å². The summed E-state index contributed by atoms with van der Waals surface area (Å²) in [6.45, 7) is 3.17. The Bertz CT molecular complexity index is 726. The topological polar surface area (TPSA) is 32.8 Å². The summed E-state index contributed by atoms with van der Waals surface area (Å²) in [4.78, 5) is 17.6. The van der Waals surface area contributed by atoms with E-state index < -0.39 is 6.04 Å². The Hall–Kier alpha value is -2.33. The van der Waals surface area contributed by atoms with E-state index in [1.807, 2.05) is 72.6 Å². The Morgan fingerprint density at radius 3 is 2.23 bits per heavy atom. The van der Waals surface area contributed by atoms with Gasteiger partial charge in [-0.3, -0.25) is 4.90 Å². The molecule has 0 aromatic heterocycles. The Morgan fingerprint density at radius 1 is 1.04 bits per heavy atom. The van der Waals surface area contributed by atoms with Gasteiger partial charge in [-0.1, -0.05) is 48.5 Å². The van der Waals surface area contributed by atoms with Crippen molar-refractivity contribution in [2.24, 2.45) is 5.92 Å². The number of ether oxygens (including phenoxy) is 1. The van der Waals surface area contributed by atoms with E-state index in [0.717, 1.165) is 43.7 Å². The van der Waals surface area contributed by atoms with Gasteiger partial charge in [0.1, 0.15) is 6.10 Å². The Kier molecular flexibility index (Phi) is 4.93. The quantitative estimate of drug-likeness (QED) is 0.773. The second kappa shape index (κ2) is 7.50. The Balaban J connectivity index is 1.57. The highest BCUT2D eigenvalue weighted by Gasteiger charge is 2.38. The summed E-state index contributed by atoms with van der Waals surface area (Å²) < 4.78 is 6.06. The number of fused-ring (bicyclic) bond motifs is 3. The second-order valence-corrected chi connectivity index (χ2v) is 7.37. The molecule has 3 aliphatic rings. The van der Waals surface area contributed by atoms with Crippen LogP contribution >= 0.6 is 0 Å². The molecule has 3 saturated heterocycles. The maximum atomic E-state index is 13.2. The third-order valence-corrected chi connectivity index (χ3v) is 5.75. The normalized spacial score (nSPS) is 25.5. The van der Waals surface area contributed by atoms with Crippen molar-refractivity contribution in [2.75, 3.05) is 31.6 Å². The molecule has 0 N–H and O–H groups in total. The molecule has 1 unspecified atom stereocenters. The van der Waals surface area contributed by atoms with Gasteiger partial charge in [0.2, 0.25) is 0 Å². The van der Waals surface area contributed by atoms with Crippen LogP contribution in [0, 0.1) is 5.92 Å². The van der Waals surface area contributed by atoms with Gasteiger partial charge < -0.3 is 9.64 Å². The minimum Gasteiger partial charge on any atom is -0.459 e. The summed E-state index contributed by atoms with van der Waals surface area (Å²) in [6, 6.07) is 19.5. The van der Waals surface area contributed by atoms with Gasteiger partial charge in [-0.25, -0.2) is 4.79 Å². The fourth-order valence-electron chi connectivity index (χ4n) is 4.22. The van der Waals surface area contributed by atoms with Gasteiger partial charge >= 0.3 is 5.97 Å². The van der Waals surface area contributed by atoms with Crippen LogP contribution in [0.5, 0.6) is 0 Å². The van der Waals surface area contributed by atoms with E-state index in [0.29, 0.717) is 5.92 Å². The number of rotatable bonds is 5. The summed E-state index contributed by atoms with van der Waals surface area (Å²) in [5, 5.41) is 0. The molecule has 136 valence electrons. The molecule has 26 heavy (non-hydrogen) atoms. The zero-order valence-electron chi connectivity index (χ0n) is 15.3. The van der Waals surface area contributed by atoms with Crippen molar-refractivity contribution in [3.63, 3.8) is 0 Å². The molecule has 4 nitrogen and oxygen atoms in total. The number of hydrogen-bond acceptors (Lipinski definition) is 4. The predicted molar refractivity (Wildman–Crippen MR) is 103 cm³/mol. The highest BCUT2D eigenvalue weighted by Crippen LogP contribution is 2.32. The molecule has 0 radical (unpaired) electrons. The molecule has 2 aromatic carbocycles. The molecule has 0 saturated carbocycles. The van der Waals surface area contributed by atoms with Crippen LogP contribution in [0.15, 0.2) is 60.7 Å². The number of anilines is 1. The maximum absolute atomic E-state index is 13.2. The first-order valence-electron chi connectivity index (χ1n) is 9.48. The first kappa shape index (κ1) is 17.1. The molecule has 3 aliphatic heterocycles. The number of nitrogens with zero attached hydrogens (tertiary/aromatic N) is 2. The van der Waals surface area contributed by atoms with Crippen LogP contribution in [0.3, 0.4) is 0 Å². The minimum atomic E-state index is -0.436. The summed E-state index contributed by atoms with van der Waals surface area (Å²) in [5.41, 5.74) is 1.97. The van der Waals surface area contributed by atoms with Crippen LogP contribution in [-0.2, 0) is 9.53 Å². The lowest BCUT2D eigenvalue weighted by Gasteiger charge is -2.44. The van der Waals surface area contributed by atoms with Crippen LogP contribution < -0.4 is 4.90 Å². The molecule has 2 bridgehead atoms. The minimum absolute atomic E-state index is 0.0281. The van der Waals surface area contributed by atoms with Gasteiger partial charge in [0.25, 0.3) is 0 Å². The van der Waals surface area contributed by atoms with Crippen molar-refractivity contribution in [1.29, 1.82) is 0 Å². The molecule has 0 spiro atoms. The first-order chi connectivity index (χ1) is 12.7. The number of carbonyl (C=O) groups excluding carboxylic acids is 1. The summed E-state index contributed by atoms with van der Waals surface area (Å²) >= 11 is 0. The summed E-state index contributed by atoms with van der Waals surface area (Å²) in [7, 11) is 1.96. The van der Waals surface area contributed by atoms with E-state index in [2.05, 4.69) is 4.90 Å². The maximum Gasteiger partial charge on any atom is 0.333 e. The zero-order chi connectivity index (χ0) is 17.9. The Labute approximate surface area is 155 Å². The molecule has 2 aromatic rings. The zero-order valence-corrected chi connectivity index (χ0v) is 15.3. The largest absolute Gasteiger partial charge is 0.459 e. The van der Waals surface area contributed by atoms with Crippen molar-refractivity contribution < 1.29 is 9.53 Å². The van der Waals surface area contributed by atoms with Crippen molar-refractivity contribution in [3.05, 3.63) is 66.2 Å². The fraction of sp³-hybridized carbons (Fsp3) is 0.409. The van der Waals surface area contributed by atoms with Gasteiger partial charge in [-0.15, -0.1) is 0 Å². The number of piperidine rings is 3. The average Bonchev–Trinajstić information content (AvgIpc) is 2.70. The first-order valence-corrected chi connectivity index (χ1v) is 9.48. The monoisotopic (exact) mass is 350 g/mol. The van der Waals surface area contributed by atoms with Gasteiger partial charge in [-0.05, 0) is 49.5 Å². The second-order valence-electron chi connectivity index (χ2n) is 7.37. The number of carbonyl (C=O) groups is 1. The Morgan fingerprint density at radius 2 is 1.65 bits per heavy atom. The molecule has 2 atom stereocenters. The van der Waals surface area contributed by atoms with E-state index in [1.54, 1.807) is 0 Å². The molecule has 3 fully saturated rings. The van der Waals surface area contributed by atoms with Crippen molar-refractivity contribution in [2.45, 2.75) is 25.0 Å². The standard InChI is InChI=1S/C22H26N2O2/c1-23(19-10-6-3-7-11-19)21(18-8-4-2-5-9-18)22(25)26-20-16-24-14-12-17(20)13-15-24/h2-11,17,20-21H,12-16H2,1H3/t20-,21?/m0/s1. The van der Waals surface area contributed by atoms with Gasteiger partial charge in [0, 0.05) is 19.3 Å². The van der Waals surface area contributed by atoms with E-state index in [4.69, 9.17) is 4.74 Å². The lowest BCUT2D eigenvalue weighted by molar-refractivity contribution is -0.160. The van der Waals surface area contributed by atoms with Crippen molar-refractivity contribution in [3.8, 4) is 0 Å². The third-order valence-electron chi connectivity index (χ3n) is 5.75. The van der Waals surface area contributed by atoms with Crippen molar-refractivity contribution in [1.82, 2.24) is 4.90 Å². The van der Waals surface area contributed by atoms with Gasteiger partial charge in [0.15, 0.2) is 6.04 Å². The fourth-order valence-corrected chi connectivity index (χ4v) is 4.22. The van der Waals surface area contributed by atoms with E-state index in [9.17, 15) is 4.79 Å². The number of hydrogen-bond donors (Lipinski definition) is 0. The molecule has 5 rings (SSSR count). The summed E-state index contributed by atoms with van der Waals surface area (Å²) in [5.74, 6) is 0.365. The highest BCUT2D eigenvalue weighted by atomic mass is 16.5. The SMILES string of the molecule is CN(c1ccccc1)C(C(=O)O[C@H]1CN2CCC1CC2)c1ccccc1. The van der Waals surface area contributed by atoms with Crippen LogP contribution in [0.2, 0.25) is 0 Å². The van der Waals surface area contributed by atoms with E-state index in [1.165, 1.54) is 0 Å². The van der Waals surface area contributed by atoms with Crippen LogP contribution in [0.1, 0.15) is 24.4 Å². The van der Waals surface area contributed by atoms with Crippen LogP contribution in [-0.4, -0.2) is 43.7 Å². The highest BCUT2D eigenvalue weighted by molar-refractivity contribution is 5.82. The molecular weight excluding hydrogens is 324 g/mol. The lowest BCUT2D eigenvalue weighted by atomic mass is 9.86. The molecule has 0 aliphatic carbocycles. The molecule has 3 heterocycles. The lowest BCUT2D eigenvalue weighted by Crippen LogP contribution is -2.52. The summed E-state index contributed by atoms with van der Waals surface area (Å²) in [6.07, 6.45) is 2.31. The average molecular weight is 350 g/mol. The van der Waals surface area contributed by atoms with Gasteiger partial charge in [-0.2, -0.15) is 0 Å². The number of esters is 1. The molecular formula is C22H26N2O2. The third kappa shape index (κ3) is 3.47. The smallest absolute Gasteiger partial charge is 0.333 e. The van der Waals surface area contributed by atoms with E-state index in [-0.39, 0.29) is 12.1 Å². The number of para-hydroxylation sites is 1. The predicted octanol–water partition coefficient (Wildman–Crippen LogP) is 3.50. The van der Waals surface area contributed by atoms with Crippen LogP contribution in [0.25, 0.3) is 0 Å². The number of likely N-dealkylation sites (N-methyl/N-ethyl adjacent to an activating group) is 1. The molecule has 0 amide bonds. The van der Waals surface area contributed by atoms with Crippen molar-refractivity contribution >= 4 is 11.7 Å².